The standard InChI is InChI=1S/C17H15N3O5S/c21-15(10-26-17-20-19-16(25-17)14-6-3-7-22-14)18-8-11-9-23-12-4-1-2-5-13(12)24-11/h1-7,11H,8-10H2,(H,18,21). The van der Waals surface area contributed by atoms with E-state index in [9.17, 15) is 4.79 Å². The van der Waals surface area contributed by atoms with Gasteiger partial charge in [-0.2, -0.15) is 0 Å². The average Bonchev–Trinajstić information content (AvgIpc) is 3.36. The molecule has 1 aliphatic heterocycles. The number of amides is 1. The normalized spacial score (nSPS) is 15.6. The van der Waals surface area contributed by atoms with Gasteiger partial charge in [-0.3, -0.25) is 4.79 Å². The molecule has 0 aliphatic carbocycles. The van der Waals surface area contributed by atoms with Crippen molar-refractivity contribution in [3.8, 4) is 23.1 Å². The van der Waals surface area contributed by atoms with Gasteiger partial charge >= 0.3 is 0 Å². The van der Waals surface area contributed by atoms with Gasteiger partial charge in [-0.25, -0.2) is 0 Å². The average molecular weight is 373 g/mol. The minimum atomic E-state index is -0.229. The van der Waals surface area contributed by atoms with Crippen molar-refractivity contribution in [2.24, 2.45) is 0 Å². The molecule has 26 heavy (non-hydrogen) atoms. The number of carbonyl (C=O) groups excluding carboxylic acids is 1. The SMILES string of the molecule is O=C(CSc1nnc(-c2ccco2)o1)NCC1COc2ccccc2O1. The van der Waals surface area contributed by atoms with Crippen LogP contribution in [0.1, 0.15) is 0 Å². The highest BCUT2D eigenvalue weighted by Crippen LogP contribution is 2.30. The van der Waals surface area contributed by atoms with Gasteiger partial charge < -0.3 is 23.6 Å². The molecule has 4 rings (SSSR count). The Morgan fingerprint density at radius 2 is 2.08 bits per heavy atom. The lowest BCUT2D eigenvalue weighted by molar-refractivity contribution is -0.119. The first-order valence-corrected chi connectivity index (χ1v) is 8.92. The van der Waals surface area contributed by atoms with Gasteiger partial charge in [0.1, 0.15) is 12.7 Å². The van der Waals surface area contributed by atoms with Crippen molar-refractivity contribution in [1.82, 2.24) is 15.5 Å². The number of nitrogens with zero attached hydrogens (tertiary/aromatic N) is 2. The molecule has 3 heterocycles. The van der Waals surface area contributed by atoms with E-state index < -0.39 is 0 Å². The van der Waals surface area contributed by atoms with Crippen LogP contribution in [0.5, 0.6) is 11.5 Å². The number of para-hydroxylation sites is 2. The quantitative estimate of drug-likeness (QED) is 0.658. The Morgan fingerprint density at radius 3 is 2.92 bits per heavy atom. The topological polar surface area (TPSA) is 99.6 Å². The molecule has 0 saturated carbocycles. The summed E-state index contributed by atoms with van der Waals surface area (Å²) in [5.74, 6) is 2.17. The molecular formula is C17H15N3O5S. The first-order valence-electron chi connectivity index (χ1n) is 7.93. The van der Waals surface area contributed by atoms with Crippen LogP contribution < -0.4 is 14.8 Å². The Labute approximate surface area is 152 Å². The van der Waals surface area contributed by atoms with Crippen LogP contribution in [0.3, 0.4) is 0 Å². The second-order valence-electron chi connectivity index (χ2n) is 5.44. The number of thioether (sulfide) groups is 1. The van der Waals surface area contributed by atoms with Gasteiger partial charge in [-0.1, -0.05) is 23.9 Å². The zero-order valence-corrected chi connectivity index (χ0v) is 14.4. The van der Waals surface area contributed by atoms with E-state index in [4.69, 9.17) is 18.3 Å². The fraction of sp³-hybridized carbons (Fsp3) is 0.235. The molecule has 1 amide bonds. The summed E-state index contributed by atoms with van der Waals surface area (Å²) >= 11 is 1.16. The van der Waals surface area contributed by atoms with E-state index in [1.54, 1.807) is 12.1 Å². The van der Waals surface area contributed by atoms with E-state index in [2.05, 4.69) is 15.5 Å². The number of hydrogen-bond donors (Lipinski definition) is 1. The fourth-order valence-corrected chi connectivity index (χ4v) is 2.93. The fourth-order valence-electron chi connectivity index (χ4n) is 2.34. The molecule has 8 nitrogen and oxygen atoms in total. The number of aromatic nitrogens is 2. The number of nitrogens with one attached hydrogen (secondary N) is 1. The number of ether oxygens (including phenoxy) is 2. The van der Waals surface area contributed by atoms with Crippen LogP contribution in [0.2, 0.25) is 0 Å². The van der Waals surface area contributed by atoms with Crippen molar-refractivity contribution in [1.29, 1.82) is 0 Å². The zero-order valence-electron chi connectivity index (χ0n) is 13.6. The Balaban J connectivity index is 1.23. The molecule has 0 radical (unpaired) electrons. The monoisotopic (exact) mass is 373 g/mol. The van der Waals surface area contributed by atoms with E-state index >= 15 is 0 Å². The predicted molar refractivity (Wildman–Crippen MR) is 92.1 cm³/mol. The highest BCUT2D eigenvalue weighted by Gasteiger charge is 2.21. The minimum absolute atomic E-state index is 0.157. The van der Waals surface area contributed by atoms with Crippen molar-refractivity contribution in [3.05, 3.63) is 42.7 Å². The van der Waals surface area contributed by atoms with E-state index in [1.165, 1.54) is 6.26 Å². The molecule has 1 aromatic carbocycles. The van der Waals surface area contributed by atoms with Crippen LogP contribution in [-0.2, 0) is 4.79 Å². The summed E-state index contributed by atoms with van der Waals surface area (Å²) in [6.45, 7) is 0.746. The summed E-state index contributed by atoms with van der Waals surface area (Å²) in [7, 11) is 0. The molecule has 1 atom stereocenters. The third kappa shape index (κ3) is 3.83. The van der Waals surface area contributed by atoms with Crippen LogP contribution >= 0.6 is 11.8 Å². The number of furan rings is 1. The number of hydrogen-bond acceptors (Lipinski definition) is 8. The van der Waals surface area contributed by atoms with Crippen molar-refractivity contribution in [2.75, 3.05) is 18.9 Å². The maximum atomic E-state index is 12.0. The number of rotatable bonds is 6. The third-order valence-electron chi connectivity index (χ3n) is 3.56. The molecule has 1 aliphatic rings. The summed E-state index contributed by atoms with van der Waals surface area (Å²) in [6.07, 6.45) is 1.29. The number of fused-ring (bicyclic) bond motifs is 1. The van der Waals surface area contributed by atoms with Gasteiger partial charge in [0.2, 0.25) is 5.91 Å². The molecule has 1 N–H and O–H groups in total. The van der Waals surface area contributed by atoms with E-state index in [1.807, 2.05) is 24.3 Å². The second kappa shape index (κ2) is 7.52. The summed E-state index contributed by atoms with van der Waals surface area (Å²) in [5, 5.41) is 10.9. The van der Waals surface area contributed by atoms with Crippen LogP contribution in [0, 0.1) is 0 Å². The van der Waals surface area contributed by atoms with Crippen LogP contribution in [-0.4, -0.2) is 41.1 Å². The minimum Gasteiger partial charge on any atom is -0.486 e. The molecular weight excluding hydrogens is 358 g/mol. The molecule has 0 bridgehead atoms. The molecule has 0 spiro atoms. The maximum Gasteiger partial charge on any atom is 0.284 e. The van der Waals surface area contributed by atoms with E-state index in [0.717, 1.165) is 17.5 Å². The highest BCUT2D eigenvalue weighted by atomic mass is 32.2. The Bertz CT molecular complexity index is 880. The van der Waals surface area contributed by atoms with Crippen molar-refractivity contribution in [3.63, 3.8) is 0 Å². The largest absolute Gasteiger partial charge is 0.486 e. The molecule has 134 valence electrons. The van der Waals surface area contributed by atoms with Crippen molar-refractivity contribution < 1.29 is 23.1 Å². The molecule has 2 aromatic heterocycles. The Morgan fingerprint density at radius 1 is 1.19 bits per heavy atom. The van der Waals surface area contributed by atoms with Gasteiger partial charge in [-0.05, 0) is 24.3 Å². The van der Waals surface area contributed by atoms with Crippen LogP contribution in [0.4, 0.5) is 0 Å². The molecule has 3 aromatic rings. The summed E-state index contributed by atoms with van der Waals surface area (Å²) in [5.41, 5.74) is 0. The first-order chi connectivity index (χ1) is 12.8. The van der Waals surface area contributed by atoms with Gasteiger partial charge in [0.25, 0.3) is 11.1 Å². The second-order valence-corrected chi connectivity index (χ2v) is 6.37. The van der Waals surface area contributed by atoms with Gasteiger partial charge in [0, 0.05) is 0 Å². The third-order valence-corrected chi connectivity index (χ3v) is 4.38. The van der Waals surface area contributed by atoms with E-state index in [-0.39, 0.29) is 23.7 Å². The predicted octanol–water partition coefficient (Wildman–Crippen LogP) is 2.38. The smallest absolute Gasteiger partial charge is 0.284 e. The van der Waals surface area contributed by atoms with Gasteiger partial charge in [0.15, 0.2) is 17.3 Å². The Kier molecular flexibility index (Phi) is 4.78. The van der Waals surface area contributed by atoms with Crippen LogP contribution in [0.25, 0.3) is 11.7 Å². The lowest BCUT2D eigenvalue weighted by Gasteiger charge is -2.26. The lowest BCUT2D eigenvalue weighted by Crippen LogP contribution is -2.41. The Hall–Kier alpha value is -2.94. The van der Waals surface area contributed by atoms with Crippen molar-refractivity contribution >= 4 is 17.7 Å². The molecule has 9 heteroatoms. The number of carbonyl (C=O) groups is 1. The number of benzene rings is 1. The first kappa shape index (κ1) is 16.5. The van der Waals surface area contributed by atoms with Gasteiger partial charge in [0.05, 0.1) is 18.6 Å². The summed E-state index contributed by atoms with van der Waals surface area (Å²) < 4.78 is 22.0. The molecule has 0 fully saturated rings. The van der Waals surface area contributed by atoms with Gasteiger partial charge in [-0.15, -0.1) is 10.2 Å². The van der Waals surface area contributed by atoms with E-state index in [0.29, 0.717) is 29.9 Å². The highest BCUT2D eigenvalue weighted by molar-refractivity contribution is 7.99. The zero-order chi connectivity index (χ0) is 17.8. The van der Waals surface area contributed by atoms with Crippen molar-refractivity contribution in [2.45, 2.75) is 11.3 Å². The maximum absolute atomic E-state index is 12.0. The van der Waals surface area contributed by atoms with Crippen LogP contribution in [0.15, 0.2) is 56.7 Å². The molecule has 0 saturated heterocycles. The summed E-state index contributed by atoms with van der Waals surface area (Å²) in [4.78, 5) is 12.0. The molecule has 1 unspecified atom stereocenters. The lowest BCUT2D eigenvalue weighted by atomic mass is 10.2. The summed E-state index contributed by atoms with van der Waals surface area (Å²) in [6, 6.07) is 10.9.